The first-order chi connectivity index (χ1) is 15.2. The van der Waals surface area contributed by atoms with E-state index < -0.39 is 6.23 Å². The molecule has 5 aromatic rings. The number of aliphatic hydroxyl groups excluding tert-OH is 1. The number of benzene rings is 1. The molecule has 154 valence electrons. The highest BCUT2D eigenvalue weighted by molar-refractivity contribution is 5.97. The highest BCUT2D eigenvalue weighted by Gasteiger charge is 2.27. The van der Waals surface area contributed by atoms with Crippen molar-refractivity contribution in [3.63, 3.8) is 0 Å². The Morgan fingerprint density at radius 1 is 1.23 bits per heavy atom. The van der Waals surface area contributed by atoms with Crippen molar-refractivity contribution in [1.29, 1.82) is 0 Å². The monoisotopic (exact) mass is 413 g/mol. The average Bonchev–Trinajstić information content (AvgIpc) is 3.18. The summed E-state index contributed by atoms with van der Waals surface area (Å²) in [7, 11) is 0. The van der Waals surface area contributed by atoms with Gasteiger partial charge in [-0.05, 0) is 42.7 Å². The van der Waals surface area contributed by atoms with Crippen LogP contribution in [0.15, 0.2) is 59.9 Å². The zero-order chi connectivity index (χ0) is 20.9. The lowest BCUT2D eigenvalue weighted by atomic mass is 9.97. The fourth-order valence-electron chi connectivity index (χ4n) is 3.89. The van der Waals surface area contributed by atoms with Crippen molar-refractivity contribution in [2.24, 2.45) is 5.73 Å². The molecule has 0 spiro atoms. The van der Waals surface area contributed by atoms with Crippen molar-refractivity contribution in [3.05, 3.63) is 61.0 Å². The fraction of sp³-hybridized carbons (Fsp3) is 0.182. The minimum Gasteiger partial charge on any atom is -0.432 e. The summed E-state index contributed by atoms with van der Waals surface area (Å²) in [5, 5.41) is 15.3. The van der Waals surface area contributed by atoms with Gasteiger partial charge in [0.2, 0.25) is 0 Å². The van der Waals surface area contributed by atoms with E-state index in [1.165, 1.54) is 12.4 Å². The summed E-state index contributed by atoms with van der Waals surface area (Å²) in [6.07, 6.45) is 13.2. The van der Waals surface area contributed by atoms with Crippen LogP contribution in [-0.2, 0) is 0 Å². The Balaban J connectivity index is 1.63. The second-order valence-corrected chi connectivity index (χ2v) is 7.61. The zero-order valence-electron chi connectivity index (χ0n) is 16.5. The molecule has 0 saturated heterocycles. The summed E-state index contributed by atoms with van der Waals surface area (Å²) in [5.41, 5.74) is 10.4. The third-order valence-corrected chi connectivity index (χ3v) is 5.48. The molecule has 4 heterocycles. The van der Waals surface area contributed by atoms with Gasteiger partial charge in [0.05, 0.1) is 17.3 Å². The van der Waals surface area contributed by atoms with Gasteiger partial charge in [-0.15, -0.1) is 0 Å². The van der Waals surface area contributed by atoms with Crippen molar-refractivity contribution >= 4 is 22.8 Å². The fourth-order valence-corrected chi connectivity index (χ4v) is 3.89. The van der Waals surface area contributed by atoms with Crippen molar-refractivity contribution < 1.29 is 9.52 Å². The number of nitrogens with two attached hydrogens (primary N) is 1. The van der Waals surface area contributed by atoms with Crippen LogP contribution in [-0.4, -0.2) is 40.5 Å². The maximum absolute atomic E-state index is 9.65. The number of nitrogens with zero attached hydrogens (tertiary/aromatic N) is 6. The van der Waals surface area contributed by atoms with Crippen LogP contribution in [0.2, 0.25) is 0 Å². The van der Waals surface area contributed by atoms with E-state index >= 15 is 0 Å². The van der Waals surface area contributed by atoms with Crippen LogP contribution in [0.1, 0.15) is 24.4 Å². The van der Waals surface area contributed by atoms with Gasteiger partial charge in [0.25, 0.3) is 0 Å². The minimum absolute atomic E-state index is 0.476. The summed E-state index contributed by atoms with van der Waals surface area (Å²) < 4.78 is 9.48. The predicted octanol–water partition coefficient (Wildman–Crippen LogP) is 3.03. The second kappa shape index (κ2) is 6.86. The highest BCUT2D eigenvalue weighted by atomic mass is 16.3. The van der Waals surface area contributed by atoms with Crippen molar-refractivity contribution in [3.8, 4) is 22.6 Å². The normalized spacial score (nSPS) is 15.4. The Bertz CT molecular complexity index is 1440. The van der Waals surface area contributed by atoms with Crippen LogP contribution in [0.25, 0.3) is 45.5 Å². The van der Waals surface area contributed by atoms with E-state index in [9.17, 15) is 5.11 Å². The van der Waals surface area contributed by atoms with E-state index in [1.807, 2.05) is 39.7 Å². The van der Waals surface area contributed by atoms with E-state index in [2.05, 4.69) is 9.97 Å². The van der Waals surface area contributed by atoms with Gasteiger partial charge in [-0.25, -0.2) is 9.97 Å². The lowest BCUT2D eigenvalue weighted by Crippen LogP contribution is -2.14. The molecule has 31 heavy (non-hydrogen) atoms. The summed E-state index contributed by atoms with van der Waals surface area (Å²) in [4.78, 5) is 13.3. The molecule has 4 aromatic heterocycles. The molecular weight excluding hydrogens is 394 g/mol. The van der Waals surface area contributed by atoms with Crippen molar-refractivity contribution in [2.45, 2.75) is 25.1 Å². The first-order valence-electron chi connectivity index (χ1n) is 10.0. The molecule has 9 nitrogen and oxygen atoms in total. The molecule has 6 rings (SSSR count). The molecule has 0 aliphatic heterocycles. The van der Waals surface area contributed by atoms with E-state index in [4.69, 9.17) is 20.2 Å². The maximum atomic E-state index is 9.65. The van der Waals surface area contributed by atoms with Gasteiger partial charge in [-0.1, -0.05) is 6.08 Å². The number of hydrogen-bond donors (Lipinski definition) is 2. The molecule has 9 heteroatoms. The highest BCUT2D eigenvalue weighted by Crippen LogP contribution is 2.39. The second-order valence-electron chi connectivity index (χ2n) is 7.61. The van der Waals surface area contributed by atoms with Gasteiger partial charge < -0.3 is 15.3 Å². The van der Waals surface area contributed by atoms with E-state index in [1.54, 1.807) is 18.5 Å². The zero-order valence-corrected chi connectivity index (χ0v) is 16.5. The molecule has 1 fully saturated rings. The summed E-state index contributed by atoms with van der Waals surface area (Å²) in [6, 6.07) is 6.38. The third-order valence-electron chi connectivity index (χ3n) is 5.48. The van der Waals surface area contributed by atoms with Crippen LogP contribution in [0.5, 0.6) is 0 Å². The molecule has 1 unspecified atom stereocenters. The number of aromatic nitrogens is 6. The molecule has 0 radical (unpaired) electrons. The molecular formula is C22H19N7O2. The van der Waals surface area contributed by atoms with Crippen molar-refractivity contribution in [2.75, 3.05) is 0 Å². The van der Waals surface area contributed by atoms with E-state index in [0.29, 0.717) is 11.9 Å². The van der Waals surface area contributed by atoms with Crippen LogP contribution in [0.3, 0.4) is 0 Å². The summed E-state index contributed by atoms with van der Waals surface area (Å²) >= 11 is 0. The smallest absolute Gasteiger partial charge is 0.306 e. The van der Waals surface area contributed by atoms with Crippen molar-refractivity contribution in [1.82, 2.24) is 29.1 Å². The Morgan fingerprint density at radius 2 is 2.13 bits per heavy atom. The Labute approximate surface area is 176 Å². The van der Waals surface area contributed by atoms with Gasteiger partial charge in [-0.3, -0.25) is 9.08 Å². The number of hydrogen-bond acceptors (Lipinski definition) is 7. The summed E-state index contributed by atoms with van der Waals surface area (Å²) in [6.45, 7) is 0. The lowest BCUT2D eigenvalue weighted by molar-refractivity contribution is 0.232. The Kier molecular flexibility index (Phi) is 3.98. The van der Waals surface area contributed by atoms with Gasteiger partial charge in [0.1, 0.15) is 30.2 Å². The van der Waals surface area contributed by atoms with E-state index in [0.717, 1.165) is 52.0 Å². The molecule has 1 aliphatic carbocycles. The van der Waals surface area contributed by atoms with Gasteiger partial charge in [0, 0.05) is 29.5 Å². The first-order valence-corrected chi connectivity index (χ1v) is 10.0. The van der Waals surface area contributed by atoms with Gasteiger partial charge in [0.15, 0.2) is 0 Å². The van der Waals surface area contributed by atoms with Crippen LogP contribution >= 0.6 is 0 Å². The summed E-state index contributed by atoms with van der Waals surface area (Å²) in [5.74, 6) is 0.476. The lowest BCUT2D eigenvalue weighted by Gasteiger charge is -2.11. The van der Waals surface area contributed by atoms with Gasteiger partial charge in [-0.2, -0.15) is 10.1 Å². The van der Waals surface area contributed by atoms with Crippen LogP contribution < -0.4 is 5.73 Å². The predicted molar refractivity (Wildman–Crippen MR) is 115 cm³/mol. The molecule has 1 aromatic carbocycles. The average molecular weight is 413 g/mol. The SMILES string of the molecule is NC(O)/C=C/c1c(-c2c(-c3ccn(C4CC4)n3)nc3occn23)ccc2ncncc12. The molecule has 1 saturated carbocycles. The number of rotatable bonds is 5. The number of aliphatic hydroxyl groups is 1. The van der Waals surface area contributed by atoms with E-state index in [-0.39, 0.29) is 0 Å². The number of imidazole rings is 1. The Morgan fingerprint density at radius 3 is 2.97 bits per heavy atom. The molecule has 0 bridgehead atoms. The topological polar surface area (TPSA) is 120 Å². The molecule has 3 N–H and O–H groups in total. The maximum Gasteiger partial charge on any atom is 0.306 e. The quantitative estimate of drug-likeness (QED) is 0.425. The largest absolute Gasteiger partial charge is 0.432 e. The molecule has 1 aliphatic rings. The Hall–Kier alpha value is -3.82. The van der Waals surface area contributed by atoms with Crippen LogP contribution in [0, 0.1) is 0 Å². The first kappa shape index (κ1) is 18.0. The van der Waals surface area contributed by atoms with Crippen LogP contribution in [0.4, 0.5) is 0 Å². The molecule has 1 atom stereocenters. The third kappa shape index (κ3) is 3.02. The standard InChI is InChI=1S/C22H19N7O2/c23-19(30)6-4-14-15(3-5-17-16(14)11-24-12-25-17)21-20(26-22-28(21)9-10-31-22)18-7-8-29(27-18)13-1-2-13/h3-13,19,30H,1-2,23H2/b6-4+. The number of fused-ring (bicyclic) bond motifs is 2. The van der Waals surface area contributed by atoms with Gasteiger partial charge >= 0.3 is 5.84 Å². The molecule has 0 amide bonds. The number of oxazole rings is 1. The minimum atomic E-state index is -1.08.